The third-order valence-electron chi connectivity index (χ3n) is 1.30. The molecule has 3 atom stereocenters. The minimum atomic E-state index is -4.74. The summed E-state index contributed by atoms with van der Waals surface area (Å²) >= 11 is 0. The summed E-state index contributed by atoms with van der Waals surface area (Å²) in [5.74, 6) is 0. The van der Waals surface area contributed by atoms with Crippen LogP contribution in [-0.2, 0) is 13.9 Å². The van der Waals surface area contributed by atoms with Crippen LogP contribution in [0.4, 0.5) is 0 Å². The topological polar surface area (TPSA) is 145 Å². The molecule has 5 N–H and O–H groups in total. The second kappa shape index (κ2) is 10.6. The Balaban J connectivity index is -0.000000845. The maximum Gasteiger partial charge on any atom is 0.469 e. The third-order valence-corrected chi connectivity index (χ3v) is 1.78. The molecular formula is C5H11Na2O8P. The van der Waals surface area contributed by atoms with Gasteiger partial charge in [0.05, 0.1) is 6.61 Å². The third kappa shape index (κ3) is 10.8. The predicted molar refractivity (Wildman–Crippen MR) is 53.6 cm³/mol. The summed E-state index contributed by atoms with van der Waals surface area (Å²) in [7, 11) is -4.74. The number of rotatable bonds is 6. The Bertz CT molecular complexity index is 232. The number of aldehydes is 1. The minimum absolute atomic E-state index is 0. The van der Waals surface area contributed by atoms with Gasteiger partial charge in [-0.25, -0.2) is 4.57 Å². The number of aliphatic hydroxyl groups excluding tert-OH is 3. The predicted octanol–water partition coefficient (Wildman–Crippen LogP) is -3.38. The van der Waals surface area contributed by atoms with Gasteiger partial charge in [0.15, 0.2) is 6.29 Å². The number of hydrogen-bond donors (Lipinski definition) is 5. The van der Waals surface area contributed by atoms with Crippen LogP contribution in [0.3, 0.4) is 0 Å². The summed E-state index contributed by atoms with van der Waals surface area (Å²) < 4.78 is 14.0. The molecule has 0 saturated heterocycles. The fraction of sp³-hybridized carbons (Fsp3) is 0.800. The largest absolute Gasteiger partial charge is 0.469 e. The molecule has 0 saturated carbocycles. The fourth-order valence-electron chi connectivity index (χ4n) is 0.580. The molecule has 0 spiro atoms. The standard InChI is InChI=1S/C5H11O8P.2Na/c6-1-3(7)5(9)4(8)2-13-14(10,11)12;;/h1,3-5,7-9H,2H2,(H2,10,11,12);;/t3-,4+,5-;;/m0../s1. The zero-order valence-electron chi connectivity index (χ0n) is 8.92. The molecule has 0 heterocycles. The molecule has 0 aliphatic heterocycles. The number of phosphoric acid groups is 1. The van der Waals surface area contributed by atoms with E-state index >= 15 is 0 Å². The molecule has 0 unspecified atom stereocenters. The van der Waals surface area contributed by atoms with E-state index in [2.05, 4.69) is 4.52 Å². The van der Waals surface area contributed by atoms with Crippen LogP contribution in [0.5, 0.6) is 0 Å². The van der Waals surface area contributed by atoms with Crippen LogP contribution in [0.2, 0.25) is 0 Å². The number of phosphoric ester groups is 1. The molecule has 0 aromatic heterocycles. The Labute approximate surface area is 136 Å². The Morgan fingerprint density at radius 1 is 1.19 bits per heavy atom. The van der Waals surface area contributed by atoms with Crippen LogP contribution in [-0.4, -0.2) is 115 Å². The Morgan fingerprint density at radius 3 is 1.94 bits per heavy atom. The molecule has 8 nitrogen and oxygen atoms in total. The number of carbonyl (C=O) groups is 1. The van der Waals surface area contributed by atoms with E-state index in [0.717, 1.165) is 0 Å². The van der Waals surface area contributed by atoms with Crippen molar-refractivity contribution in [2.45, 2.75) is 18.3 Å². The first-order valence-electron chi connectivity index (χ1n) is 3.47. The summed E-state index contributed by atoms with van der Waals surface area (Å²) in [6, 6.07) is 0. The van der Waals surface area contributed by atoms with E-state index < -0.39 is 32.7 Å². The molecule has 0 aromatic rings. The van der Waals surface area contributed by atoms with Crippen molar-refractivity contribution in [3.05, 3.63) is 0 Å². The van der Waals surface area contributed by atoms with Gasteiger partial charge in [-0.05, 0) is 0 Å². The molecule has 0 aromatic carbocycles. The maximum atomic E-state index is 10.1. The smallest absolute Gasteiger partial charge is 0.388 e. The van der Waals surface area contributed by atoms with Gasteiger partial charge >= 0.3 is 7.82 Å². The van der Waals surface area contributed by atoms with Crippen molar-refractivity contribution in [1.29, 1.82) is 0 Å². The molecule has 0 bridgehead atoms. The molecule has 0 fully saturated rings. The molecule has 0 rings (SSSR count). The maximum absolute atomic E-state index is 10.1. The van der Waals surface area contributed by atoms with Crippen LogP contribution < -0.4 is 0 Å². The van der Waals surface area contributed by atoms with Crippen molar-refractivity contribution in [3.8, 4) is 0 Å². The molecule has 86 valence electrons. The van der Waals surface area contributed by atoms with Crippen molar-refractivity contribution in [2.24, 2.45) is 0 Å². The normalized spacial score (nSPS) is 16.3. The summed E-state index contributed by atoms with van der Waals surface area (Å²) in [5.41, 5.74) is 0. The molecule has 2 radical (unpaired) electrons. The molecular weight excluding hydrogens is 265 g/mol. The van der Waals surface area contributed by atoms with E-state index in [9.17, 15) is 9.36 Å². The van der Waals surface area contributed by atoms with Crippen molar-refractivity contribution in [2.75, 3.05) is 6.61 Å². The number of carbonyl (C=O) groups excluding carboxylic acids is 1. The van der Waals surface area contributed by atoms with Crippen LogP contribution in [0.25, 0.3) is 0 Å². The fourth-order valence-corrected chi connectivity index (χ4v) is 0.927. The SMILES string of the molecule is O=C[C@H](O)[C@H](O)[C@H](O)COP(=O)(O)O.[Na].[Na]. The van der Waals surface area contributed by atoms with Crippen LogP contribution in [0.15, 0.2) is 0 Å². The summed E-state index contributed by atoms with van der Waals surface area (Å²) in [6.45, 7) is -0.893. The van der Waals surface area contributed by atoms with E-state index in [1.807, 2.05) is 0 Å². The molecule has 16 heavy (non-hydrogen) atoms. The first kappa shape index (κ1) is 22.8. The van der Waals surface area contributed by atoms with Gasteiger partial charge in [-0.1, -0.05) is 0 Å². The molecule has 11 heteroatoms. The summed E-state index contributed by atoms with van der Waals surface area (Å²) in [5, 5.41) is 26.6. The van der Waals surface area contributed by atoms with Gasteiger partial charge in [0.2, 0.25) is 0 Å². The van der Waals surface area contributed by atoms with Gasteiger partial charge in [0.25, 0.3) is 0 Å². The van der Waals surface area contributed by atoms with E-state index in [0.29, 0.717) is 0 Å². The van der Waals surface area contributed by atoms with Gasteiger partial charge in [-0.2, -0.15) is 0 Å². The van der Waals surface area contributed by atoms with Gasteiger partial charge in [-0.3, -0.25) is 4.52 Å². The number of hydrogen-bond acceptors (Lipinski definition) is 6. The molecule has 0 amide bonds. The van der Waals surface area contributed by atoms with E-state index in [1.165, 1.54) is 0 Å². The van der Waals surface area contributed by atoms with Gasteiger partial charge in [0.1, 0.15) is 18.3 Å². The van der Waals surface area contributed by atoms with Gasteiger partial charge < -0.3 is 29.9 Å². The minimum Gasteiger partial charge on any atom is -0.388 e. The first-order chi connectivity index (χ1) is 6.28. The van der Waals surface area contributed by atoms with E-state index in [1.54, 1.807) is 0 Å². The average Bonchev–Trinajstić information content (AvgIpc) is 2.10. The molecule has 0 aliphatic rings. The van der Waals surface area contributed by atoms with Crippen molar-refractivity contribution < 1.29 is 39.0 Å². The van der Waals surface area contributed by atoms with Crippen LogP contribution >= 0.6 is 7.82 Å². The van der Waals surface area contributed by atoms with Gasteiger partial charge in [-0.15, -0.1) is 0 Å². The van der Waals surface area contributed by atoms with Crippen molar-refractivity contribution in [1.82, 2.24) is 0 Å². The monoisotopic (exact) mass is 276 g/mol. The van der Waals surface area contributed by atoms with Crippen molar-refractivity contribution in [3.63, 3.8) is 0 Å². The van der Waals surface area contributed by atoms with E-state index in [4.69, 9.17) is 25.1 Å². The Hall–Kier alpha value is 1.66. The average molecular weight is 276 g/mol. The van der Waals surface area contributed by atoms with Crippen molar-refractivity contribution >= 4 is 73.2 Å². The summed E-state index contributed by atoms with van der Waals surface area (Å²) in [4.78, 5) is 26.4. The van der Waals surface area contributed by atoms with E-state index in [-0.39, 0.29) is 65.4 Å². The quantitative estimate of drug-likeness (QED) is 0.192. The molecule has 0 aliphatic carbocycles. The zero-order valence-corrected chi connectivity index (χ0v) is 13.8. The second-order valence-electron chi connectivity index (χ2n) is 2.47. The summed E-state index contributed by atoms with van der Waals surface area (Å²) in [6.07, 6.45) is -5.46. The Morgan fingerprint density at radius 2 is 1.62 bits per heavy atom. The second-order valence-corrected chi connectivity index (χ2v) is 3.71. The first-order valence-corrected chi connectivity index (χ1v) is 5.00. The zero-order chi connectivity index (χ0) is 11.4. The van der Waals surface area contributed by atoms with Gasteiger partial charge in [0, 0.05) is 59.1 Å². The Kier molecular flexibility index (Phi) is 15.1. The van der Waals surface area contributed by atoms with Crippen LogP contribution in [0.1, 0.15) is 0 Å². The number of aliphatic hydroxyl groups is 3. The van der Waals surface area contributed by atoms with Crippen LogP contribution in [0, 0.1) is 0 Å².